The Morgan fingerprint density at radius 2 is 1.74 bits per heavy atom. The number of hydrogen-bond acceptors (Lipinski definition) is 6. The fraction of sp³-hybridized carbons (Fsp3) is 0.200. The van der Waals surface area contributed by atoms with Gasteiger partial charge in [-0.05, 0) is 14.1 Å². The van der Waals surface area contributed by atoms with E-state index in [4.69, 9.17) is 9.15 Å². The van der Waals surface area contributed by atoms with Gasteiger partial charge < -0.3 is 19.2 Å². The largest absolute Gasteiger partial charge is 0.507 e. The van der Waals surface area contributed by atoms with Crippen LogP contribution < -0.4 is 4.74 Å². The van der Waals surface area contributed by atoms with Crippen molar-refractivity contribution in [1.82, 2.24) is 4.90 Å². The highest BCUT2D eigenvalue weighted by atomic mass is 35.5. The van der Waals surface area contributed by atoms with Crippen molar-refractivity contribution in [3.63, 3.8) is 0 Å². The van der Waals surface area contributed by atoms with Gasteiger partial charge in [-0.15, -0.1) is 12.4 Å². The van der Waals surface area contributed by atoms with Gasteiger partial charge in [-0.3, -0.25) is 9.59 Å². The number of likely N-dealkylation sites (N-methyl/N-ethyl adjacent to an activating group) is 1. The Hall–Kier alpha value is -2.83. The van der Waals surface area contributed by atoms with Crippen LogP contribution in [-0.4, -0.2) is 48.8 Å². The molecule has 0 saturated carbocycles. The molecule has 1 aliphatic rings. The van der Waals surface area contributed by atoms with Crippen molar-refractivity contribution < 1.29 is 23.8 Å². The van der Waals surface area contributed by atoms with E-state index in [2.05, 4.69) is 0 Å². The zero-order valence-electron chi connectivity index (χ0n) is 14.8. The van der Waals surface area contributed by atoms with Crippen LogP contribution in [0.3, 0.4) is 0 Å². The fourth-order valence-corrected chi connectivity index (χ4v) is 3.12. The molecule has 0 radical (unpaired) electrons. The molecular formula is C20H18ClNO5. The van der Waals surface area contributed by atoms with Gasteiger partial charge in [-0.2, -0.15) is 0 Å². The number of carbonyl (C=O) groups is 2. The molecule has 1 aliphatic carbocycles. The lowest BCUT2D eigenvalue weighted by atomic mass is 9.87. The van der Waals surface area contributed by atoms with E-state index in [0.29, 0.717) is 30.0 Å². The molecule has 1 N–H and O–H groups in total. The first-order chi connectivity index (χ1) is 12.5. The summed E-state index contributed by atoms with van der Waals surface area (Å²) < 4.78 is 11.3. The third-order valence-corrected chi connectivity index (χ3v) is 4.40. The zero-order chi connectivity index (χ0) is 18.4. The van der Waals surface area contributed by atoms with Gasteiger partial charge in [0.1, 0.15) is 23.7 Å². The maximum Gasteiger partial charge on any atom is 0.229 e. The quantitative estimate of drug-likeness (QED) is 0.579. The van der Waals surface area contributed by atoms with Crippen LogP contribution in [0, 0.1) is 0 Å². The van der Waals surface area contributed by atoms with Gasteiger partial charge in [0.2, 0.25) is 5.78 Å². The number of phenolic OH excluding ortho intramolecular Hbond substituents is 1. The summed E-state index contributed by atoms with van der Waals surface area (Å²) in [6.07, 6.45) is 0. The smallest absolute Gasteiger partial charge is 0.229 e. The Labute approximate surface area is 161 Å². The van der Waals surface area contributed by atoms with E-state index in [1.807, 2.05) is 19.0 Å². The van der Waals surface area contributed by atoms with Crippen molar-refractivity contribution in [3.05, 3.63) is 58.8 Å². The molecule has 7 heteroatoms. The summed E-state index contributed by atoms with van der Waals surface area (Å²) in [5.41, 5.74) is 0.995. The SMILES string of the molecule is CN(C)CCOc1cc(O)c2c3c(oc2c1)C(=O)c1ccccc1C3=O.Cl. The molecule has 0 atom stereocenters. The normalized spacial score (nSPS) is 12.7. The number of phenols is 1. The van der Waals surface area contributed by atoms with E-state index < -0.39 is 0 Å². The van der Waals surface area contributed by atoms with Crippen LogP contribution in [-0.2, 0) is 0 Å². The summed E-state index contributed by atoms with van der Waals surface area (Å²) in [6, 6.07) is 9.63. The molecule has 3 aromatic rings. The van der Waals surface area contributed by atoms with E-state index >= 15 is 0 Å². The molecule has 0 unspecified atom stereocenters. The standard InChI is InChI=1S/C20H17NO5.ClH/c1-21(2)7-8-25-11-9-14(22)16-15(10-11)26-20-17(16)18(23)12-5-3-4-6-13(12)19(20)24;/h3-6,9-10,22H,7-8H2,1-2H3;1H. The van der Waals surface area contributed by atoms with Crippen LogP contribution in [0.25, 0.3) is 11.0 Å². The minimum atomic E-state index is -0.360. The van der Waals surface area contributed by atoms with Crippen LogP contribution in [0.15, 0.2) is 40.8 Å². The highest BCUT2D eigenvalue weighted by Crippen LogP contribution is 2.40. The number of halogens is 1. The van der Waals surface area contributed by atoms with Crippen LogP contribution >= 0.6 is 12.4 Å². The van der Waals surface area contributed by atoms with Gasteiger partial charge in [0.05, 0.1) is 10.9 Å². The number of furan rings is 1. The Balaban J connectivity index is 0.00000210. The second kappa shape index (κ2) is 7.06. The molecule has 0 spiro atoms. The summed E-state index contributed by atoms with van der Waals surface area (Å²) in [5, 5.41) is 10.7. The van der Waals surface area contributed by atoms with Gasteiger partial charge in [0, 0.05) is 29.8 Å². The number of aromatic hydroxyl groups is 1. The third-order valence-electron chi connectivity index (χ3n) is 4.40. The summed E-state index contributed by atoms with van der Waals surface area (Å²) in [4.78, 5) is 27.5. The first-order valence-electron chi connectivity index (χ1n) is 8.23. The van der Waals surface area contributed by atoms with Gasteiger partial charge >= 0.3 is 0 Å². The Bertz CT molecular complexity index is 1050. The Morgan fingerprint density at radius 3 is 2.41 bits per heavy atom. The van der Waals surface area contributed by atoms with Crippen molar-refractivity contribution in [2.75, 3.05) is 27.2 Å². The maximum absolute atomic E-state index is 12.9. The summed E-state index contributed by atoms with van der Waals surface area (Å²) in [7, 11) is 3.86. The molecule has 0 saturated heterocycles. The van der Waals surface area contributed by atoms with E-state index in [9.17, 15) is 14.7 Å². The van der Waals surface area contributed by atoms with Crippen LogP contribution in [0.1, 0.15) is 32.0 Å². The van der Waals surface area contributed by atoms with Crippen molar-refractivity contribution >= 4 is 34.9 Å². The molecule has 1 aromatic heterocycles. The van der Waals surface area contributed by atoms with Gasteiger partial charge in [-0.25, -0.2) is 0 Å². The number of hydrogen-bond donors (Lipinski definition) is 1. The predicted octanol–water partition coefficient (Wildman–Crippen LogP) is 3.28. The molecule has 0 bridgehead atoms. The number of benzene rings is 2. The molecule has 0 amide bonds. The van der Waals surface area contributed by atoms with E-state index in [1.165, 1.54) is 6.07 Å². The zero-order valence-corrected chi connectivity index (χ0v) is 15.6. The van der Waals surface area contributed by atoms with Crippen molar-refractivity contribution in [2.24, 2.45) is 0 Å². The number of rotatable bonds is 4. The fourth-order valence-electron chi connectivity index (χ4n) is 3.12. The average molecular weight is 388 g/mol. The van der Waals surface area contributed by atoms with Gasteiger partial charge in [0.15, 0.2) is 11.5 Å². The van der Waals surface area contributed by atoms with Gasteiger partial charge in [-0.1, -0.05) is 24.3 Å². The first kappa shape index (κ1) is 18.9. The lowest BCUT2D eigenvalue weighted by Crippen LogP contribution is -2.19. The minimum Gasteiger partial charge on any atom is -0.507 e. The molecule has 2 aromatic carbocycles. The third kappa shape index (κ3) is 3.07. The van der Waals surface area contributed by atoms with Crippen molar-refractivity contribution in [3.8, 4) is 11.5 Å². The van der Waals surface area contributed by atoms with E-state index in [-0.39, 0.29) is 52.0 Å². The maximum atomic E-state index is 12.9. The minimum absolute atomic E-state index is 0. The number of nitrogens with zero attached hydrogens (tertiary/aromatic N) is 1. The molecular weight excluding hydrogens is 370 g/mol. The second-order valence-electron chi connectivity index (χ2n) is 6.48. The predicted molar refractivity (Wildman–Crippen MR) is 102 cm³/mol. The van der Waals surface area contributed by atoms with Crippen LogP contribution in [0.5, 0.6) is 11.5 Å². The Kier molecular flexibility index (Phi) is 4.95. The van der Waals surface area contributed by atoms with Gasteiger partial charge in [0.25, 0.3) is 0 Å². The summed E-state index contributed by atoms with van der Waals surface area (Å²) >= 11 is 0. The molecule has 140 valence electrons. The highest BCUT2D eigenvalue weighted by molar-refractivity contribution is 6.31. The Morgan fingerprint density at radius 1 is 1.07 bits per heavy atom. The highest BCUT2D eigenvalue weighted by Gasteiger charge is 2.36. The molecule has 0 aliphatic heterocycles. The summed E-state index contributed by atoms with van der Waals surface area (Å²) in [5.74, 6) is -0.455. The van der Waals surface area contributed by atoms with E-state index in [1.54, 1.807) is 30.3 Å². The molecule has 4 rings (SSSR count). The lowest BCUT2D eigenvalue weighted by Gasteiger charge is -2.13. The second-order valence-corrected chi connectivity index (χ2v) is 6.48. The molecule has 6 nitrogen and oxygen atoms in total. The molecule has 0 fully saturated rings. The van der Waals surface area contributed by atoms with Crippen LogP contribution in [0.2, 0.25) is 0 Å². The first-order valence-corrected chi connectivity index (χ1v) is 8.23. The van der Waals surface area contributed by atoms with E-state index in [0.717, 1.165) is 0 Å². The average Bonchev–Trinajstić information content (AvgIpc) is 3.00. The lowest BCUT2D eigenvalue weighted by molar-refractivity contribution is 0.0962. The van der Waals surface area contributed by atoms with Crippen molar-refractivity contribution in [1.29, 1.82) is 0 Å². The van der Waals surface area contributed by atoms with Crippen LogP contribution in [0.4, 0.5) is 0 Å². The number of fused-ring (bicyclic) bond motifs is 4. The molecule has 27 heavy (non-hydrogen) atoms. The molecule has 1 heterocycles. The topological polar surface area (TPSA) is 80.0 Å². The number of ether oxygens (including phenoxy) is 1. The monoisotopic (exact) mass is 387 g/mol. The summed E-state index contributed by atoms with van der Waals surface area (Å²) in [6.45, 7) is 1.14. The number of ketones is 2. The number of carbonyl (C=O) groups excluding carboxylic acids is 2. The van der Waals surface area contributed by atoms with Crippen molar-refractivity contribution in [2.45, 2.75) is 0 Å².